The van der Waals surface area contributed by atoms with Crippen LogP contribution in [0.1, 0.15) is 0 Å². The first-order valence-electron chi connectivity index (χ1n) is 16.6. The van der Waals surface area contributed by atoms with E-state index in [2.05, 4.69) is 96.0 Å². The van der Waals surface area contributed by atoms with Crippen molar-refractivity contribution < 1.29 is 8.83 Å². The van der Waals surface area contributed by atoms with Crippen molar-refractivity contribution in [3.05, 3.63) is 164 Å². The van der Waals surface area contributed by atoms with E-state index in [1.807, 2.05) is 72.9 Å². The van der Waals surface area contributed by atoms with Crippen LogP contribution < -0.4 is 0 Å². The highest BCUT2D eigenvalue weighted by Crippen LogP contribution is 2.45. The molecule has 0 bridgehead atoms. The number of benzene rings is 6. The molecule has 5 heteroatoms. The van der Waals surface area contributed by atoms with Gasteiger partial charge in [-0.2, -0.15) is 0 Å². The van der Waals surface area contributed by atoms with Crippen LogP contribution in [0.5, 0.6) is 0 Å². The normalized spacial score (nSPS) is 11.6. The minimum absolute atomic E-state index is 0.636. The third-order valence-electron chi connectivity index (χ3n) is 9.39. The van der Waals surface area contributed by atoms with Crippen molar-refractivity contribution in [1.29, 1.82) is 0 Å². The van der Waals surface area contributed by atoms with E-state index in [9.17, 15) is 0 Å². The van der Waals surface area contributed by atoms with E-state index in [1.165, 1.54) is 0 Å². The Morgan fingerprint density at radius 2 is 1.00 bits per heavy atom. The molecule has 234 valence electrons. The average molecular weight is 642 g/mol. The molecule has 4 heterocycles. The molecule has 0 saturated heterocycles. The van der Waals surface area contributed by atoms with Gasteiger partial charge in [0.1, 0.15) is 22.3 Å². The number of furan rings is 2. The Morgan fingerprint density at radius 3 is 1.80 bits per heavy atom. The van der Waals surface area contributed by atoms with Gasteiger partial charge in [-0.05, 0) is 53.6 Å². The molecule has 5 nitrogen and oxygen atoms in total. The Kier molecular flexibility index (Phi) is 6.42. The van der Waals surface area contributed by atoms with Crippen LogP contribution in [0, 0.1) is 0 Å². The second kappa shape index (κ2) is 11.4. The molecule has 50 heavy (non-hydrogen) atoms. The quantitative estimate of drug-likeness (QED) is 0.187. The number of rotatable bonds is 5. The molecule has 0 spiro atoms. The molecular weight excluding hydrogens is 615 g/mol. The summed E-state index contributed by atoms with van der Waals surface area (Å²) in [5.74, 6) is 0.636. The van der Waals surface area contributed by atoms with Crippen LogP contribution in [0.2, 0.25) is 0 Å². The lowest BCUT2D eigenvalue weighted by atomic mass is 9.93. The van der Waals surface area contributed by atoms with E-state index in [0.29, 0.717) is 5.82 Å². The van der Waals surface area contributed by atoms with Gasteiger partial charge in [-0.25, -0.2) is 9.97 Å². The molecule has 0 aliphatic rings. The zero-order chi connectivity index (χ0) is 33.0. The summed E-state index contributed by atoms with van der Waals surface area (Å²) >= 11 is 0. The molecule has 0 unspecified atom stereocenters. The average Bonchev–Trinajstić information content (AvgIpc) is 3.77. The summed E-state index contributed by atoms with van der Waals surface area (Å²) in [6.45, 7) is 0. The lowest BCUT2D eigenvalue weighted by Gasteiger charge is -2.12. The second-order valence-corrected chi connectivity index (χ2v) is 12.4. The van der Waals surface area contributed by atoms with Gasteiger partial charge in [0.15, 0.2) is 5.82 Å². The van der Waals surface area contributed by atoms with Gasteiger partial charge in [0.25, 0.3) is 0 Å². The molecule has 10 rings (SSSR count). The van der Waals surface area contributed by atoms with Gasteiger partial charge in [-0.1, -0.05) is 115 Å². The fourth-order valence-corrected chi connectivity index (χ4v) is 7.05. The third-order valence-corrected chi connectivity index (χ3v) is 9.39. The van der Waals surface area contributed by atoms with Gasteiger partial charge in [-0.3, -0.25) is 4.98 Å². The van der Waals surface area contributed by atoms with Gasteiger partial charge in [-0.15, -0.1) is 0 Å². The summed E-state index contributed by atoms with van der Waals surface area (Å²) in [6, 6.07) is 53.6. The summed E-state index contributed by atoms with van der Waals surface area (Å²) in [6.07, 6.45) is 1.81. The summed E-state index contributed by atoms with van der Waals surface area (Å²) in [4.78, 5) is 14.8. The fourth-order valence-electron chi connectivity index (χ4n) is 7.05. The lowest BCUT2D eigenvalue weighted by Crippen LogP contribution is -1.96. The largest absolute Gasteiger partial charge is 0.456 e. The van der Waals surface area contributed by atoms with Crippen molar-refractivity contribution in [2.24, 2.45) is 0 Å². The highest BCUT2D eigenvalue weighted by atomic mass is 16.3. The van der Waals surface area contributed by atoms with Crippen molar-refractivity contribution in [3.8, 4) is 56.3 Å². The number of para-hydroxylation sites is 2. The second-order valence-electron chi connectivity index (χ2n) is 12.4. The van der Waals surface area contributed by atoms with E-state index >= 15 is 0 Å². The van der Waals surface area contributed by atoms with Crippen LogP contribution in [0.4, 0.5) is 0 Å². The number of fused-ring (bicyclic) bond motifs is 6. The summed E-state index contributed by atoms with van der Waals surface area (Å²) in [7, 11) is 0. The zero-order valence-corrected chi connectivity index (χ0v) is 26.7. The van der Waals surface area contributed by atoms with Gasteiger partial charge in [0, 0.05) is 50.0 Å². The molecule has 4 aromatic heterocycles. The molecule has 0 N–H and O–H groups in total. The molecule has 10 aromatic rings. The highest BCUT2D eigenvalue weighted by Gasteiger charge is 2.22. The monoisotopic (exact) mass is 641 g/mol. The smallest absolute Gasteiger partial charge is 0.160 e. The summed E-state index contributed by atoms with van der Waals surface area (Å²) < 4.78 is 13.0. The first-order valence-corrected chi connectivity index (χ1v) is 16.6. The number of hydrogen-bond donors (Lipinski definition) is 0. The van der Waals surface area contributed by atoms with Crippen LogP contribution >= 0.6 is 0 Å². The number of aromatic nitrogens is 3. The van der Waals surface area contributed by atoms with E-state index in [-0.39, 0.29) is 0 Å². The maximum absolute atomic E-state index is 6.75. The number of nitrogens with zero attached hydrogens (tertiary/aromatic N) is 3. The van der Waals surface area contributed by atoms with Crippen LogP contribution in [-0.4, -0.2) is 15.0 Å². The van der Waals surface area contributed by atoms with E-state index in [1.54, 1.807) is 0 Å². The minimum atomic E-state index is 0.636. The molecule has 0 radical (unpaired) electrons. The van der Waals surface area contributed by atoms with E-state index in [4.69, 9.17) is 18.8 Å². The van der Waals surface area contributed by atoms with Gasteiger partial charge in [0.05, 0.1) is 17.1 Å². The van der Waals surface area contributed by atoms with Crippen LogP contribution in [-0.2, 0) is 0 Å². The number of hydrogen-bond acceptors (Lipinski definition) is 5. The molecule has 0 aliphatic heterocycles. The van der Waals surface area contributed by atoms with Crippen LogP contribution in [0.15, 0.2) is 173 Å². The van der Waals surface area contributed by atoms with E-state index < -0.39 is 0 Å². The van der Waals surface area contributed by atoms with Crippen molar-refractivity contribution in [2.45, 2.75) is 0 Å². The maximum atomic E-state index is 6.75. The van der Waals surface area contributed by atoms with Crippen molar-refractivity contribution in [1.82, 2.24) is 15.0 Å². The van der Waals surface area contributed by atoms with E-state index in [0.717, 1.165) is 94.3 Å². The Morgan fingerprint density at radius 1 is 0.380 bits per heavy atom. The molecule has 0 fully saturated rings. The van der Waals surface area contributed by atoms with Crippen LogP contribution in [0.3, 0.4) is 0 Å². The zero-order valence-electron chi connectivity index (χ0n) is 26.7. The first-order chi connectivity index (χ1) is 24.8. The fraction of sp³-hybridized carbons (Fsp3) is 0. The topological polar surface area (TPSA) is 65.0 Å². The van der Waals surface area contributed by atoms with Crippen molar-refractivity contribution in [3.63, 3.8) is 0 Å². The predicted molar refractivity (Wildman–Crippen MR) is 202 cm³/mol. The Labute approximate surface area is 287 Å². The molecule has 0 amide bonds. The van der Waals surface area contributed by atoms with Gasteiger partial charge in [0.2, 0.25) is 0 Å². The standard InChI is InChI=1S/C45H27N3O2/c1-2-11-28(12-3-1)37-27-38(48-45(47-37)30-22-20-29(21-23-30)36-16-8-9-26-46-36)33-25-24-32(43-35-14-5-7-18-40(35)50-44(33)43)31-15-10-19-41-42(31)34-13-4-6-17-39(34)49-41/h1-27H. The lowest BCUT2D eigenvalue weighted by molar-refractivity contribution is 0.668. The maximum Gasteiger partial charge on any atom is 0.160 e. The predicted octanol–water partition coefficient (Wildman–Crippen LogP) is 12.0. The van der Waals surface area contributed by atoms with Gasteiger partial charge >= 0.3 is 0 Å². The first kappa shape index (κ1) is 28.2. The Balaban J connectivity index is 1.21. The summed E-state index contributed by atoms with van der Waals surface area (Å²) in [5, 5.41) is 4.27. The molecule has 0 aliphatic carbocycles. The minimum Gasteiger partial charge on any atom is -0.456 e. The third kappa shape index (κ3) is 4.60. The summed E-state index contributed by atoms with van der Waals surface area (Å²) in [5.41, 5.74) is 11.9. The van der Waals surface area contributed by atoms with Crippen molar-refractivity contribution in [2.75, 3.05) is 0 Å². The molecule has 0 atom stereocenters. The molecule has 0 saturated carbocycles. The highest BCUT2D eigenvalue weighted by molar-refractivity contribution is 6.21. The Hall–Kier alpha value is -6.85. The SMILES string of the molecule is c1ccc(-c2cc(-c3ccc(-c4cccc5oc6ccccc6c45)c4c3oc3ccccc34)nc(-c3ccc(-c4ccccn4)cc3)n2)cc1. The molecule has 6 aromatic carbocycles. The number of pyridine rings is 1. The Bertz CT molecular complexity index is 2850. The van der Waals surface area contributed by atoms with Crippen LogP contribution in [0.25, 0.3) is 100 Å². The van der Waals surface area contributed by atoms with Gasteiger partial charge < -0.3 is 8.83 Å². The molecular formula is C45H27N3O2. The van der Waals surface area contributed by atoms with Crippen molar-refractivity contribution >= 4 is 43.9 Å².